The highest BCUT2D eigenvalue weighted by molar-refractivity contribution is 5.72. The van der Waals surface area contributed by atoms with E-state index in [0.717, 1.165) is 29.0 Å². The van der Waals surface area contributed by atoms with E-state index in [1.54, 1.807) is 6.08 Å². The molecule has 0 radical (unpaired) electrons. The number of nitrogens with zero attached hydrogens (tertiary/aromatic N) is 2. The molecule has 2 aromatic heterocycles. The van der Waals surface area contributed by atoms with Gasteiger partial charge < -0.3 is 5.32 Å². The topological polar surface area (TPSA) is 29.3 Å². The Morgan fingerprint density at radius 2 is 1.71 bits per heavy atom. The predicted molar refractivity (Wildman–Crippen MR) is 121 cm³/mol. The van der Waals surface area contributed by atoms with Crippen LogP contribution in [-0.2, 0) is 6.42 Å². The van der Waals surface area contributed by atoms with Crippen LogP contribution in [0.15, 0.2) is 85.7 Å². The highest BCUT2D eigenvalue weighted by Gasteiger charge is 2.08. The van der Waals surface area contributed by atoms with Gasteiger partial charge in [0.2, 0.25) is 0 Å². The van der Waals surface area contributed by atoms with Crippen molar-refractivity contribution in [2.45, 2.75) is 20.3 Å². The van der Waals surface area contributed by atoms with E-state index in [9.17, 15) is 0 Å². The van der Waals surface area contributed by atoms with Gasteiger partial charge in [-0.25, -0.2) is 4.98 Å². The number of rotatable bonds is 4. The Labute approximate surface area is 167 Å². The van der Waals surface area contributed by atoms with Crippen molar-refractivity contribution >= 4 is 11.3 Å². The lowest BCUT2D eigenvalue weighted by molar-refractivity contribution is 1.14. The molecule has 0 aliphatic rings. The monoisotopic (exact) mass is 369 g/mol. The maximum Gasteiger partial charge on any atom is 0.137 e. The zero-order chi connectivity index (χ0) is 19.9. The van der Waals surface area contributed by atoms with E-state index in [4.69, 9.17) is 0 Å². The molecule has 2 heterocycles. The van der Waals surface area contributed by atoms with Crippen LogP contribution in [0.5, 0.6) is 0 Å². The van der Waals surface area contributed by atoms with Gasteiger partial charge in [-0.3, -0.25) is 4.40 Å². The van der Waals surface area contributed by atoms with Crippen LogP contribution in [0.25, 0.3) is 28.0 Å². The summed E-state index contributed by atoms with van der Waals surface area (Å²) in [5, 5.41) is 3.19. The van der Waals surface area contributed by atoms with Gasteiger partial charge in [-0.1, -0.05) is 49.4 Å². The molecule has 2 aromatic carbocycles. The average Bonchev–Trinajstić information content (AvgIpc) is 3.17. The second-order valence-electron chi connectivity index (χ2n) is 6.58. The Hall–Kier alpha value is -3.33. The van der Waals surface area contributed by atoms with Crippen LogP contribution in [0.3, 0.4) is 0 Å². The standard InChI is InChI=1S/C22H21N3.C3H6/c1-3-16-6-4-7-17(12-16)18-10-11-25-21(15-24-22(25)14-18)19-8-5-9-20(13-19)23-2;1-3-2/h4-15,23H,3H2,1-2H3;3H,1H2,2H3. The molecule has 0 spiro atoms. The number of hydrogen-bond acceptors (Lipinski definition) is 2. The summed E-state index contributed by atoms with van der Waals surface area (Å²) in [7, 11) is 1.93. The zero-order valence-electron chi connectivity index (χ0n) is 16.8. The van der Waals surface area contributed by atoms with E-state index in [-0.39, 0.29) is 0 Å². The molecule has 4 aromatic rings. The lowest BCUT2D eigenvalue weighted by Gasteiger charge is -2.07. The number of fused-ring (bicyclic) bond motifs is 1. The third kappa shape index (κ3) is 4.15. The molecule has 3 heteroatoms. The summed E-state index contributed by atoms with van der Waals surface area (Å²) in [4.78, 5) is 4.62. The molecular formula is C25H27N3. The van der Waals surface area contributed by atoms with Crippen molar-refractivity contribution in [2.24, 2.45) is 0 Å². The average molecular weight is 370 g/mol. The summed E-state index contributed by atoms with van der Waals surface area (Å²) in [5.74, 6) is 0. The maximum atomic E-state index is 4.62. The summed E-state index contributed by atoms with van der Waals surface area (Å²) < 4.78 is 2.14. The molecule has 0 bridgehead atoms. The van der Waals surface area contributed by atoms with Gasteiger partial charge in [0.15, 0.2) is 0 Å². The van der Waals surface area contributed by atoms with Gasteiger partial charge in [0.05, 0.1) is 11.9 Å². The van der Waals surface area contributed by atoms with Crippen molar-refractivity contribution < 1.29 is 0 Å². The first-order valence-electron chi connectivity index (χ1n) is 9.61. The molecule has 0 aliphatic carbocycles. The first-order valence-corrected chi connectivity index (χ1v) is 9.61. The molecule has 28 heavy (non-hydrogen) atoms. The molecule has 0 amide bonds. The van der Waals surface area contributed by atoms with Gasteiger partial charge >= 0.3 is 0 Å². The Balaban J connectivity index is 0.000000706. The largest absolute Gasteiger partial charge is 0.388 e. The minimum atomic E-state index is 0.962. The van der Waals surface area contributed by atoms with Gasteiger partial charge in [0, 0.05) is 24.5 Å². The predicted octanol–water partition coefficient (Wildman–Crippen LogP) is 6.46. The lowest BCUT2D eigenvalue weighted by Crippen LogP contribution is -1.91. The summed E-state index contributed by atoms with van der Waals surface area (Å²) in [6.45, 7) is 7.43. The fourth-order valence-corrected chi connectivity index (χ4v) is 3.18. The number of aryl methyl sites for hydroxylation is 1. The molecule has 0 unspecified atom stereocenters. The fourth-order valence-electron chi connectivity index (χ4n) is 3.18. The Kier molecular flexibility index (Phi) is 6.28. The number of imidazole rings is 1. The Bertz CT molecular complexity index is 1080. The summed E-state index contributed by atoms with van der Waals surface area (Å²) in [6.07, 6.45) is 6.85. The van der Waals surface area contributed by atoms with Crippen molar-refractivity contribution in [3.05, 3.63) is 91.3 Å². The van der Waals surface area contributed by atoms with E-state index in [0.29, 0.717) is 0 Å². The van der Waals surface area contributed by atoms with E-state index in [2.05, 4.69) is 95.1 Å². The smallest absolute Gasteiger partial charge is 0.137 e. The molecule has 3 nitrogen and oxygen atoms in total. The van der Waals surface area contributed by atoms with Crippen LogP contribution >= 0.6 is 0 Å². The number of nitrogens with one attached hydrogen (secondary N) is 1. The van der Waals surface area contributed by atoms with Crippen molar-refractivity contribution in [3.63, 3.8) is 0 Å². The first kappa shape index (κ1) is 19.4. The fraction of sp³-hybridized carbons (Fsp3) is 0.160. The van der Waals surface area contributed by atoms with E-state index < -0.39 is 0 Å². The number of aromatic nitrogens is 2. The molecular weight excluding hydrogens is 342 g/mol. The third-order valence-corrected chi connectivity index (χ3v) is 4.63. The van der Waals surface area contributed by atoms with Crippen LogP contribution in [0.4, 0.5) is 5.69 Å². The highest BCUT2D eigenvalue weighted by Crippen LogP contribution is 2.27. The molecule has 0 saturated heterocycles. The van der Waals surface area contributed by atoms with Crippen LogP contribution in [0.2, 0.25) is 0 Å². The first-order chi connectivity index (χ1) is 13.7. The Morgan fingerprint density at radius 1 is 1.00 bits per heavy atom. The summed E-state index contributed by atoms with van der Waals surface area (Å²) >= 11 is 0. The molecule has 1 N–H and O–H groups in total. The normalized spacial score (nSPS) is 10.2. The van der Waals surface area contributed by atoms with Crippen molar-refractivity contribution in [1.29, 1.82) is 0 Å². The van der Waals surface area contributed by atoms with E-state index in [1.807, 2.05) is 20.2 Å². The number of hydrogen-bond donors (Lipinski definition) is 1. The molecule has 4 rings (SSSR count). The number of pyridine rings is 1. The second-order valence-corrected chi connectivity index (χ2v) is 6.58. The van der Waals surface area contributed by atoms with E-state index in [1.165, 1.54) is 16.7 Å². The third-order valence-electron chi connectivity index (χ3n) is 4.63. The second kappa shape index (κ2) is 9.05. The lowest BCUT2D eigenvalue weighted by atomic mass is 10.0. The number of allylic oxidation sites excluding steroid dienone is 1. The molecule has 0 aliphatic heterocycles. The van der Waals surface area contributed by atoms with E-state index >= 15 is 0 Å². The maximum absolute atomic E-state index is 4.62. The van der Waals surface area contributed by atoms with Gasteiger partial charge in [-0.05, 0) is 54.3 Å². The van der Waals surface area contributed by atoms with Gasteiger partial charge in [-0.15, -0.1) is 6.58 Å². The van der Waals surface area contributed by atoms with Crippen molar-refractivity contribution in [1.82, 2.24) is 9.38 Å². The highest BCUT2D eigenvalue weighted by atomic mass is 15.0. The van der Waals surface area contributed by atoms with Crippen LogP contribution < -0.4 is 5.32 Å². The molecule has 0 saturated carbocycles. The van der Waals surface area contributed by atoms with Gasteiger partial charge in [0.25, 0.3) is 0 Å². The molecule has 0 atom stereocenters. The molecule has 142 valence electrons. The number of anilines is 1. The van der Waals surface area contributed by atoms with Crippen LogP contribution in [0, 0.1) is 0 Å². The minimum Gasteiger partial charge on any atom is -0.388 e. The van der Waals surface area contributed by atoms with Gasteiger partial charge in [-0.2, -0.15) is 0 Å². The van der Waals surface area contributed by atoms with Crippen LogP contribution in [0.1, 0.15) is 19.4 Å². The molecule has 0 fully saturated rings. The van der Waals surface area contributed by atoms with Crippen molar-refractivity contribution in [3.8, 4) is 22.4 Å². The van der Waals surface area contributed by atoms with Crippen molar-refractivity contribution in [2.75, 3.05) is 12.4 Å². The van der Waals surface area contributed by atoms with Gasteiger partial charge in [0.1, 0.15) is 5.65 Å². The number of benzene rings is 2. The SMILES string of the molecule is C=CC.CCc1cccc(-c2ccn3c(-c4cccc(NC)c4)cnc3c2)c1. The minimum absolute atomic E-state index is 0.962. The summed E-state index contributed by atoms with van der Waals surface area (Å²) in [5.41, 5.74) is 8.10. The Morgan fingerprint density at radius 3 is 2.46 bits per heavy atom. The quantitative estimate of drug-likeness (QED) is 0.418. The zero-order valence-corrected chi connectivity index (χ0v) is 16.8. The van der Waals surface area contributed by atoms with Crippen LogP contribution in [-0.4, -0.2) is 16.4 Å². The summed E-state index contributed by atoms with van der Waals surface area (Å²) in [6, 6.07) is 21.4.